The number of amides is 3. The van der Waals surface area contributed by atoms with Crippen molar-refractivity contribution >= 4 is 11.9 Å². The topological polar surface area (TPSA) is 62.3 Å². The smallest absolute Gasteiger partial charge is 0.306 e. The molecule has 2 heterocycles. The number of pyridine rings is 1. The molecule has 1 aromatic heterocycles. The summed E-state index contributed by atoms with van der Waals surface area (Å²) in [4.78, 5) is 28.1. The molecule has 1 fully saturated rings. The number of carbonyl (C=O) groups is 2. The van der Waals surface area contributed by atoms with Crippen LogP contribution < -0.4 is 5.32 Å². The highest BCUT2D eigenvalue weighted by atomic mass is 19.1. The largest absolute Gasteiger partial charge is 0.325 e. The maximum atomic E-state index is 13.0. The molecule has 1 aromatic rings. The standard InChI is InChI=1S/C11H12FN3O2/c1-11(2)9(16)14-10(17)15(11)6-7-3-8(12)5-13-4-7/h3-5H,6H2,1-2H3,(H,14,16,17). The summed E-state index contributed by atoms with van der Waals surface area (Å²) < 4.78 is 13.0. The zero-order chi connectivity index (χ0) is 12.6. The van der Waals surface area contributed by atoms with Gasteiger partial charge in [-0.2, -0.15) is 0 Å². The number of aromatic nitrogens is 1. The van der Waals surface area contributed by atoms with Gasteiger partial charge in [-0.15, -0.1) is 0 Å². The van der Waals surface area contributed by atoms with Crippen LogP contribution in [0.15, 0.2) is 18.5 Å². The molecule has 1 aliphatic rings. The van der Waals surface area contributed by atoms with Gasteiger partial charge >= 0.3 is 6.03 Å². The molecule has 0 unspecified atom stereocenters. The van der Waals surface area contributed by atoms with Gasteiger partial charge in [0.25, 0.3) is 5.91 Å². The van der Waals surface area contributed by atoms with Crippen molar-refractivity contribution < 1.29 is 14.0 Å². The molecule has 0 saturated carbocycles. The first-order valence-corrected chi connectivity index (χ1v) is 5.14. The number of halogens is 1. The first kappa shape index (κ1) is 11.5. The summed E-state index contributed by atoms with van der Waals surface area (Å²) in [6.07, 6.45) is 2.55. The van der Waals surface area contributed by atoms with Crippen LogP contribution in [0, 0.1) is 5.82 Å². The molecule has 0 aliphatic carbocycles. The monoisotopic (exact) mass is 237 g/mol. The molecular formula is C11H12FN3O2. The number of rotatable bonds is 2. The highest BCUT2D eigenvalue weighted by molar-refractivity contribution is 6.06. The van der Waals surface area contributed by atoms with E-state index in [1.54, 1.807) is 13.8 Å². The minimum absolute atomic E-state index is 0.148. The van der Waals surface area contributed by atoms with Gasteiger partial charge in [0.2, 0.25) is 0 Å². The van der Waals surface area contributed by atoms with Gasteiger partial charge in [-0.1, -0.05) is 0 Å². The van der Waals surface area contributed by atoms with Crippen molar-refractivity contribution in [2.45, 2.75) is 25.9 Å². The van der Waals surface area contributed by atoms with Crippen molar-refractivity contribution in [1.82, 2.24) is 15.2 Å². The molecule has 1 saturated heterocycles. The number of nitrogens with one attached hydrogen (secondary N) is 1. The second-order valence-electron chi connectivity index (χ2n) is 4.42. The van der Waals surface area contributed by atoms with Crippen LogP contribution in [0.1, 0.15) is 19.4 Å². The van der Waals surface area contributed by atoms with Gasteiger partial charge in [0.15, 0.2) is 0 Å². The molecule has 1 N–H and O–H groups in total. The number of nitrogens with zero attached hydrogens (tertiary/aromatic N) is 2. The molecule has 0 spiro atoms. The average Bonchev–Trinajstić information content (AvgIpc) is 2.42. The van der Waals surface area contributed by atoms with Crippen LogP contribution in [0.5, 0.6) is 0 Å². The van der Waals surface area contributed by atoms with Crippen LogP contribution in [0.4, 0.5) is 9.18 Å². The molecule has 1 aliphatic heterocycles. The Morgan fingerprint density at radius 3 is 2.65 bits per heavy atom. The fourth-order valence-electron chi connectivity index (χ4n) is 1.69. The van der Waals surface area contributed by atoms with E-state index < -0.39 is 17.4 Å². The molecule has 90 valence electrons. The van der Waals surface area contributed by atoms with E-state index in [0.717, 1.165) is 6.20 Å². The van der Waals surface area contributed by atoms with E-state index in [9.17, 15) is 14.0 Å². The van der Waals surface area contributed by atoms with E-state index in [0.29, 0.717) is 5.56 Å². The predicted octanol–water partition coefficient (Wildman–Crippen LogP) is 1.05. The Hall–Kier alpha value is -1.98. The van der Waals surface area contributed by atoms with Crippen molar-refractivity contribution in [3.05, 3.63) is 29.8 Å². The predicted molar refractivity (Wildman–Crippen MR) is 57.4 cm³/mol. The second kappa shape index (κ2) is 3.80. The average molecular weight is 237 g/mol. The van der Waals surface area contributed by atoms with E-state index in [-0.39, 0.29) is 12.5 Å². The van der Waals surface area contributed by atoms with Crippen LogP contribution in [-0.4, -0.2) is 27.4 Å². The van der Waals surface area contributed by atoms with Gasteiger partial charge in [0.1, 0.15) is 11.4 Å². The lowest BCUT2D eigenvalue weighted by Crippen LogP contribution is -2.43. The van der Waals surface area contributed by atoms with Crippen molar-refractivity contribution in [1.29, 1.82) is 0 Å². The summed E-state index contributed by atoms with van der Waals surface area (Å²) in [5.41, 5.74) is -0.383. The zero-order valence-electron chi connectivity index (χ0n) is 9.53. The molecule has 5 nitrogen and oxygen atoms in total. The minimum Gasteiger partial charge on any atom is -0.306 e. The first-order chi connectivity index (χ1) is 7.91. The van der Waals surface area contributed by atoms with Crippen molar-refractivity contribution in [2.75, 3.05) is 0 Å². The fourth-order valence-corrected chi connectivity index (χ4v) is 1.69. The van der Waals surface area contributed by atoms with E-state index >= 15 is 0 Å². The van der Waals surface area contributed by atoms with Crippen LogP contribution in [0.25, 0.3) is 0 Å². The van der Waals surface area contributed by atoms with Gasteiger partial charge in [-0.3, -0.25) is 15.1 Å². The summed E-state index contributed by atoms with van der Waals surface area (Å²) >= 11 is 0. The minimum atomic E-state index is -0.927. The van der Waals surface area contributed by atoms with Crippen LogP contribution in [0.2, 0.25) is 0 Å². The third-order valence-electron chi connectivity index (χ3n) is 2.80. The second-order valence-corrected chi connectivity index (χ2v) is 4.42. The summed E-state index contributed by atoms with van der Waals surface area (Å²) in [7, 11) is 0. The fraction of sp³-hybridized carbons (Fsp3) is 0.364. The SMILES string of the molecule is CC1(C)C(=O)NC(=O)N1Cc1cncc(F)c1. The van der Waals surface area contributed by atoms with Gasteiger partial charge in [-0.05, 0) is 25.5 Å². The van der Waals surface area contributed by atoms with Gasteiger partial charge < -0.3 is 4.90 Å². The lowest BCUT2D eigenvalue weighted by atomic mass is 10.0. The Bertz CT molecular complexity index is 487. The molecule has 0 radical (unpaired) electrons. The molecule has 2 rings (SSSR count). The molecule has 17 heavy (non-hydrogen) atoms. The first-order valence-electron chi connectivity index (χ1n) is 5.14. The van der Waals surface area contributed by atoms with Crippen molar-refractivity contribution in [3.63, 3.8) is 0 Å². The highest BCUT2D eigenvalue weighted by Crippen LogP contribution is 2.23. The third kappa shape index (κ3) is 1.98. The molecule has 0 atom stereocenters. The molecule has 6 heteroatoms. The molecule has 3 amide bonds. The molecule has 0 bridgehead atoms. The molecule has 0 aromatic carbocycles. The maximum Gasteiger partial charge on any atom is 0.325 e. The Kier molecular flexibility index (Phi) is 2.57. The molecular weight excluding hydrogens is 225 g/mol. The zero-order valence-corrected chi connectivity index (χ0v) is 9.53. The van der Waals surface area contributed by atoms with E-state index in [1.807, 2.05) is 0 Å². The van der Waals surface area contributed by atoms with Crippen LogP contribution in [0.3, 0.4) is 0 Å². The summed E-state index contributed by atoms with van der Waals surface area (Å²) in [6.45, 7) is 3.43. The Balaban J connectivity index is 2.24. The van der Waals surface area contributed by atoms with Gasteiger partial charge in [0.05, 0.1) is 12.7 Å². The van der Waals surface area contributed by atoms with Crippen molar-refractivity contribution in [3.8, 4) is 0 Å². The number of hydrogen-bond donors (Lipinski definition) is 1. The number of hydrogen-bond acceptors (Lipinski definition) is 3. The quantitative estimate of drug-likeness (QED) is 0.782. The number of urea groups is 1. The van der Waals surface area contributed by atoms with E-state index in [1.165, 1.54) is 17.2 Å². The normalized spacial score (nSPS) is 18.4. The lowest BCUT2D eigenvalue weighted by Gasteiger charge is -2.27. The van der Waals surface area contributed by atoms with Crippen molar-refractivity contribution in [2.24, 2.45) is 0 Å². The van der Waals surface area contributed by atoms with Crippen LogP contribution >= 0.6 is 0 Å². The number of imide groups is 1. The maximum absolute atomic E-state index is 13.0. The Morgan fingerprint density at radius 1 is 1.41 bits per heavy atom. The van der Waals surface area contributed by atoms with E-state index in [4.69, 9.17) is 0 Å². The lowest BCUT2D eigenvalue weighted by molar-refractivity contribution is -0.125. The Morgan fingerprint density at radius 2 is 2.12 bits per heavy atom. The van der Waals surface area contributed by atoms with E-state index in [2.05, 4.69) is 10.3 Å². The number of carbonyl (C=O) groups excluding carboxylic acids is 2. The van der Waals surface area contributed by atoms with Crippen LogP contribution in [-0.2, 0) is 11.3 Å². The summed E-state index contributed by atoms with van der Waals surface area (Å²) in [5.74, 6) is -0.821. The van der Waals surface area contributed by atoms with Gasteiger partial charge in [-0.25, -0.2) is 9.18 Å². The highest BCUT2D eigenvalue weighted by Gasteiger charge is 2.45. The third-order valence-corrected chi connectivity index (χ3v) is 2.80. The van der Waals surface area contributed by atoms with Gasteiger partial charge in [0, 0.05) is 6.20 Å². The Labute approximate surface area is 97.6 Å². The summed E-state index contributed by atoms with van der Waals surface area (Å²) in [6, 6.07) is 0.823. The summed E-state index contributed by atoms with van der Waals surface area (Å²) in [5, 5.41) is 2.23.